The fourth-order valence-electron chi connectivity index (χ4n) is 1.23. The summed E-state index contributed by atoms with van der Waals surface area (Å²) in [6, 6.07) is 4.99. The lowest BCUT2D eigenvalue weighted by Gasteiger charge is -2.13. The predicted molar refractivity (Wildman–Crippen MR) is 69.9 cm³/mol. The second-order valence-corrected chi connectivity index (χ2v) is 6.12. The summed E-state index contributed by atoms with van der Waals surface area (Å²) in [6.07, 6.45) is 0. The first-order valence-corrected chi connectivity index (χ1v) is 7.16. The van der Waals surface area contributed by atoms with Crippen LogP contribution in [-0.2, 0) is 10.0 Å². The highest BCUT2D eigenvalue weighted by Crippen LogP contribution is 2.22. The highest BCUT2D eigenvalue weighted by Gasteiger charge is 2.18. The Labute approximate surface area is 107 Å². The molecule has 0 heterocycles. The maximum Gasteiger partial charge on any atom is 0.242 e. The number of likely N-dealkylation sites (N-methyl/N-ethyl adjacent to an activating group) is 1. The number of rotatable bonds is 5. The van der Waals surface area contributed by atoms with Gasteiger partial charge >= 0.3 is 0 Å². The normalized spacial score (nSPS) is 13.6. The molecule has 1 aromatic carbocycles. The Morgan fingerprint density at radius 2 is 2.06 bits per heavy atom. The molecule has 2 N–H and O–H groups in total. The van der Waals surface area contributed by atoms with Gasteiger partial charge in [-0.3, -0.25) is 0 Å². The van der Waals surface area contributed by atoms with Crippen molar-refractivity contribution in [1.82, 2.24) is 10.0 Å². The number of benzene rings is 1. The van der Waals surface area contributed by atoms with Gasteiger partial charge in [-0.25, -0.2) is 13.1 Å². The fourth-order valence-corrected chi connectivity index (χ4v) is 2.94. The van der Waals surface area contributed by atoms with Crippen LogP contribution in [0.15, 0.2) is 23.1 Å². The zero-order valence-electron chi connectivity index (χ0n) is 10.1. The highest BCUT2D eigenvalue weighted by atomic mass is 35.5. The Morgan fingerprint density at radius 1 is 1.41 bits per heavy atom. The fraction of sp³-hybridized carbons (Fsp3) is 0.455. The Morgan fingerprint density at radius 3 is 2.65 bits per heavy atom. The second kappa shape index (κ2) is 5.82. The van der Waals surface area contributed by atoms with E-state index in [0.29, 0.717) is 6.54 Å². The molecule has 6 heteroatoms. The Bertz CT molecular complexity index is 488. The smallest absolute Gasteiger partial charge is 0.242 e. The maximum atomic E-state index is 12.0. The van der Waals surface area contributed by atoms with Crippen molar-refractivity contribution in [3.05, 3.63) is 28.8 Å². The first-order chi connectivity index (χ1) is 7.86. The Hall–Kier alpha value is -0.620. The molecular weight excluding hydrogens is 260 g/mol. The molecule has 0 aromatic heterocycles. The average molecular weight is 277 g/mol. The third-order valence-corrected chi connectivity index (χ3v) is 4.35. The summed E-state index contributed by atoms with van der Waals surface area (Å²) in [4.78, 5) is 0.127. The predicted octanol–water partition coefficient (Wildman–Crippen LogP) is 1.53. The van der Waals surface area contributed by atoms with E-state index in [1.54, 1.807) is 25.2 Å². The number of sulfonamides is 1. The molecule has 0 saturated carbocycles. The van der Waals surface area contributed by atoms with Gasteiger partial charge < -0.3 is 5.32 Å². The quantitative estimate of drug-likeness (QED) is 0.858. The van der Waals surface area contributed by atoms with Crippen molar-refractivity contribution in [2.24, 2.45) is 0 Å². The number of hydrogen-bond acceptors (Lipinski definition) is 3. The van der Waals surface area contributed by atoms with Crippen LogP contribution in [0.25, 0.3) is 0 Å². The van der Waals surface area contributed by atoms with Gasteiger partial charge in [0, 0.05) is 12.6 Å². The van der Waals surface area contributed by atoms with Crippen molar-refractivity contribution in [3.8, 4) is 0 Å². The van der Waals surface area contributed by atoms with E-state index in [-0.39, 0.29) is 16.0 Å². The summed E-state index contributed by atoms with van der Waals surface area (Å²) in [5.74, 6) is 0. The molecule has 0 amide bonds. The lowest BCUT2D eigenvalue weighted by molar-refractivity contribution is 0.554. The summed E-state index contributed by atoms with van der Waals surface area (Å²) in [7, 11) is -1.76. The maximum absolute atomic E-state index is 12.0. The minimum absolute atomic E-state index is 0.0633. The van der Waals surface area contributed by atoms with Crippen molar-refractivity contribution in [3.63, 3.8) is 0 Å². The Kier molecular flexibility index (Phi) is 4.94. The molecule has 0 fully saturated rings. The van der Waals surface area contributed by atoms with E-state index in [1.165, 1.54) is 0 Å². The highest BCUT2D eigenvalue weighted by molar-refractivity contribution is 7.89. The third-order valence-electron chi connectivity index (χ3n) is 2.45. The van der Waals surface area contributed by atoms with E-state index in [9.17, 15) is 8.42 Å². The molecule has 4 nitrogen and oxygen atoms in total. The van der Waals surface area contributed by atoms with Gasteiger partial charge in [0.1, 0.15) is 4.90 Å². The molecular formula is C11H17ClN2O2S. The van der Waals surface area contributed by atoms with Crippen LogP contribution in [0.2, 0.25) is 5.02 Å². The molecule has 0 aliphatic rings. The molecule has 0 spiro atoms. The summed E-state index contributed by atoms with van der Waals surface area (Å²) in [5, 5.41) is 3.19. The molecule has 0 bridgehead atoms. The van der Waals surface area contributed by atoms with E-state index in [0.717, 1.165) is 5.56 Å². The molecule has 0 aliphatic heterocycles. The zero-order valence-corrected chi connectivity index (χ0v) is 11.7. The van der Waals surface area contributed by atoms with Crippen molar-refractivity contribution in [1.29, 1.82) is 0 Å². The molecule has 0 radical (unpaired) electrons. The van der Waals surface area contributed by atoms with E-state index in [1.807, 2.05) is 13.8 Å². The second-order valence-electron chi connectivity index (χ2n) is 3.98. The summed E-state index contributed by atoms with van der Waals surface area (Å²) >= 11 is 5.90. The van der Waals surface area contributed by atoms with E-state index in [2.05, 4.69) is 10.0 Å². The standard InChI is InChI=1S/C11H17ClN2O2S/c1-8-4-5-10(12)11(6-8)17(15,16)14-7-9(2)13-3/h4-6,9,13-14H,7H2,1-3H3. The SMILES string of the molecule is CNC(C)CNS(=O)(=O)c1cc(C)ccc1Cl. The van der Waals surface area contributed by atoms with Crippen molar-refractivity contribution in [2.45, 2.75) is 24.8 Å². The van der Waals surface area contributed by atoms with E-state index >= 15 is 0 Å². The largest absolute Gasteiger partial charge is 0.316 e. The average Bonchev–Trinajstić information content (AvgIpc) is 2.29. The van der Waals surface area contributed by atoms with Gasteiger partial charge in [-0.15, -0.1) is 0 Å². The van der Waals surface area contributed by atoms with Crippen LogP contribution < -0.4 is 10.0 Å². The number of nitrogens with one attached hydrogen (secondary N) is 2. The number of halogens is 1. The van der Waals surface area contributed by atoms with E-state index in [4.69, 9.17) is 11.6 Å². The lowest BCUT2D eigenvalue weighted by Crippen LogP contribution is -2.37. The molecule has 96 valence electrons. The first kappa shape index (κ1) is 14.4. The molecule has 1 unspecified atom stereocenters. The summed E-state index contributed by atoms with van der Waals surface area (Å²) in [6.45, 7) is 4.04. The van der Waals surface area contributed by atoms with Gasteiger partial charge in [-0.1, -0.05) is 17.7 Å². The van der Waals surface area contributed by atoms with Gasteiger partial charge in [-0.2, -0.15) is 0 Å². The van der Waals surface area contributed by atoms with Gasteiger partial charge in [-0.05, 0) is 38.6 Å². The summed E-state index contributed by atoms with van der Waals surface area (Å²) in [5.41, 5.74) is 0.858. The molecule has 1 aromatic rings. The van der Waals surface area contributed by atoms with Crippen LogP contribution in [0, 0.1) is 6.92 Å². The summed E-state index contributed by atoms with van der Waals surface area (Å²) < 4.78 is 26.5. The molecule has 0 saturated heterocycles. The van der Waals surface area contributed by atoms with Crippen LogP contribution in [-0.4, -0.2) is 28.1 Å². The van der Waals surface area contributed by atoms with Gasteiger partial charge in [0.2, 0.25) is 10.0 Å². The third kappa shape index (κ3) is 3.96. The van der Waals surface area contributed by atoms with E-state index < -0.39 is 10.0 Å². The van der Waals surface area contributed by atoms with Crippen LogP contribution in [0.5, 0.6) is 0 Å². The molecule has 1 atom stereocenters. The van der Waals surface area contributed by atoms with Crippen LogP contribution in [0.1, 0.15) is 12.5 Å². The minimum atomic E-state index is -3.54. The van der Waals surface area contributed by atoms with Crippen molar-refractivity contribution < 1.29 is 8.42 Å². The van der Waals surface area contributed by atoms with Crippen molar-refractivity contribution >= 4 is 21.6 Å². The minimum Gasteiger partial charge on any atom is -0.316 e. The van der Waals surface area contributed by atoms with Crippen LogP contribution in [0.3, 0.4) is 0 Å². The molecule has 17 heavy (non-hydrogen) atoms. The number of aryl methyl sites for hydroxylation is 1. The van der Waals surface area contributed by atoms with Crippen molar-refractivity contribution in [2.75, 3.05) is 13.6 Å². The lowest BCUT2D eigenvalue weighted by atomic mass is 10.2. The topological polar surface area (TPSA) is 58.2 Å². The van der Waals surface area contributed by atoms with Gasteiger partial charge in [0.15, 0.2) is 0 Å². The van der Waals surface area contributed by atoms with Gasteiger partial charge in [0.05, 0.1) is 5.02 Å². The number of hydrogen-bond donors (Lipinski definition) is 2. The Balaban J connectivity index is 2.93. The van der Waals surface area contributed by atoms with Crippen LogP contribution in [0.4, 0.5) is 0 Å². The first-order valence-electron chi connectivity index (χ1n) is 5.30. The van der Waals surface area contributed by atoms with Crippen LogP contribution >= 0.6 is 11.6 Å². The zero-order chi connectivity index (χ0) is 13.1. The monoisotopic (exact) mass is 276 g/mol. The molecule has 1 rings (SSSR count). The van der Waals surface area contributed by atoms with Gasteiger partial charge in [0.25, 0.3) is 0 Å². The molecule has 0 aliphatic carbocycles.